The lowest BCUT2D eigenvalue weighted by molar-refractivity contribution is -0.136. The molecule has 1 aromatic rings. The summed E-state index contributed by atoms with van der Waals surface area (Å²) in [6.07, 6.45) is 3.71. The highest BCUT2D eigenvalue weighted by Gasteiger charge is 2.26. The van der Waals surface area contributed by atoms with Gasteiger partial charge in [0.1, 0.15) is 0 Å². The number of aromatic amines is 1. The van der Waals surface area contributed by atoms with Crippen LogP contribution in [0.1, 0.15) is 42.6 Å². The van der Waals surface area contributed by atoms with Crippen molar-refractivity contribution in [2.75, 3.05) is 19.6 Å². The van der Waals surface area contributed by atoms with E-state index in [9.17, 15) is 9.59 Å². The van der Waals surface area contributed by atoms with Crippen molar-refractivity contribution in [3.05, 3.63) is 17.0 Å². The van der Waals surface area contributed by atoms with Crippen LogP contribution in [-0.4, -0.2) is 57.5 Å². The Labute approximate surface area is 136 Å². The van der Waals surface area contributed by atoms with Crippen LogP contribution in [0.3, 0.4) is 0 Å². The minimum Gasteiger partial charge on any atom is -0.341 e. The van der Waals surface area contributed by atoms with Crippen molar-refractivity contribution < 1.29 is 9.59 Å². The van der Waals surface area contributed by atoms with E-state index >= 15 is 0 Å². The lowest BCUT2D eigenvalue weighted by atomic mass is 10.0. The molecule has 3 N–H and O–H groups in total. The molecule has 0 saturated carbocycles. The van der Waals surface area contributed by atoms with Crippen molar-refractivity contribution in [3.63, 3.8) is 0 Å². The highest BCUT2D eigenvalue weighted by Crippen LogP contribution is 2.20. The molecule has 0 aromatic carbocycles. The maximum atomic E-state index is 12.5. The van der Waals surface area contributed by atoms with Gasteiger partial charge in [0.15, 0.2) is 0 Å². The van der Waals surface area contributed by atoms with Gasteiger partial charge >= 0.3 is 0 Å². The number of hydrogen-bond donors (Lipinski definition) is 2. The molecule has 1 atom stereocenters. The Kier molecular flexibility index (Phi) is 4.66. The van der Waals surface area contributed by atoms with Gasteiger partial charge in [0.25, 0.3) is 0 Å². The number of aryl methyl sites for hydroxylation is 1. The number of hydrogen-bond acceptors (Lipinski definition) is 4. The first-order valence-corrected chi connectivity index (χ1v) is 8.38. The number of aromatic nitrogens is 2. The second-order valence-corrected chi connectivity index (χ2v) is 6.60. The predicted molar refractivity (Wildman–Crippen MR) is 85.5 cm³/mol. The van der Waals surface area contributed by atoms with Gasteiger partial charge in [-0.05, 0) is 31.7 Å². The molecule has 2 aliphatic heterocycles. The van der Waals surface area contributed by atoms with Crippen molar-refractivity contribution in [1.82, 2.24) is 20.0 Å². The molecule has 3 heterocycles. The summed E-state index contributed by atoms with van der Waals surface area (Å²) in [5, 5.41) is 7.25. The Balaban J connectivity index is 1.52. The first-order valence-electron chi connectivity index (χ1n) is 8.38. The van der Waals surface area contributed by atoms with Gasteiger partial charge in [-0.2, -0.15) is 5.10 Å². The standard InChI is InChI=1S/C16H25N5O2/c1-11-13-5-7-21(10-14(13)19-18-11)16(23)8-12(17)9-20-6-3-2-4-15(20)22/h12H,2-10,17H2,1H3,(H,18,19)/t12-/m0/s1. The molecular formula is C16H25N5O2. The van der Waals surface area contributed by atoms with Gasteiger partial charge in [0, 0.05) is 44.2 Å². The van der Waals surface area contributed by atoms with Gasteiger partial charge in [-0.15, -0.1) is 0 Å². The summed E-state index contributed by atoms with van der Waals surface area (Å²) in [5.41, 5.74) is 9.39. The summed E-state index contributed by atoms with van der Waals surface area (Å²) in [6, 6.07) is -0.299. The lowest BCUT2D eigenvalue weighted by Crippen LogP contribution is -2.46. The molecule has 0 radical (unpaired) electrons. The minimum atomic E-state index is -0.299. The number of H-pyrrole nitrogens is 1. The molecule has 1 saturated heterocycles. The molecule has 7 heteroatoms. The highest BCUT2D eigenvalue weighted by molar-refractivity contribution is 5.78. The number of nitrogens with two attached hydrogens (primary N) is 1. The fraction of sp³-hybridized carbons (Fsp3) is 0.688. The van der Waals surface area contributed by atoms with Crippen LogP contribution >= 0.6 is 0 Å². The number of carbonyl (C=O) groups is 2. The zero-order chi connectivity index (χ0) is 16.4. The number of rotatable bonds is 4. The lowest BCUT2D eigenvalue weighted by Gasteiger charge is -2.31. The first-order chi connectivity index (χ1) is 11.0. The summed E-state index contributed by atoms with van der Waals surface area (Å²) < 4.78 is 0. The van der Waals surface area contributed by atoms with E-state index in [1.54, 1.807) is 4.90 Å². The quantitative estimate of drug-likeness (QED) is 0.836. The van der Waals surface area contributed by atoms with Crippen molar-refractivity contribution in [1.29, 1.82) is 0 Å². The number of nitrogens with one attached hydrogen (secondary N) is 1. The second kappa shape index (κ2) is 6.70. The zero-order valence-electron chi connectivity index (χ0n) is 13.7. The Bertz CT molecular complexity index is 597. The van der Waals surface area contributed by atoms with Crippen molar-refractivity contribution in [2.24, 2.45) is 5.73 Å². The van der Waals surface area contributed by atoms with E-state index in [2.05, 4.69) is 10.2 Å². The molecule has 3 rings (SSSR count). The monoisotopic (exact) mass is 319 g/mol. The van der Waals surface area contributed by atoms with Gasteiger partial charge in [0.2, 0.25) is 11.8 Å². The van der Waals surface area contributed by atoms with Gasteiger partial charge in [0.05, 0.1) is 12.2 Å². The third-order valence-corrected chi connectivity index (χ3v) is 4.80. The minimum absolute atomic E-state index is 0.0493. The zero-order valence-corrected chi connectivity index (χ0v) is 13.7. The Morgan fingerprint density at radius 3 is 2.96 bits per heavy atom. The summed E-state index contributed by atoms with van der Waals surface area (Å²) in [6.45, 7) is 4.51. The fourth-order valence-electron chi connectivity index (χ4n) is 3.44. The maximum absolute atomic E-state index is 12.5. The molecular weight excluding hydrogens is 294 g/mol. The van der Waals surface area contributed by atoms with Crippen LogP contribution in [-0.2, 0) is 22.6 Å². The first kappa shape index (κ1) is 16.0. The molecule has 23 heavy (non-hydrogen) atoms. The highest BCUT2D eigenvalue weighted by atomic mass is 16.2. The van der Waals surface area contributed by atoms with E-state index in [4.69, 9.17) is 5.73 Å². The van der Waals surface area contributed by atoms with Gasteiger partial charge < -0.3 is 15.5 Å². The normalized spacial score (nSPS) is 19.7. The number of fused-ring (bicyclic) bond motifs is 1. The van der Waals surface area contributed by atoms with E-state index in [0.29, 0.717) is 26.1 Å². The number of nitrogens with zero attached hydrogens (tertiary/aromatic N) is 3. The van der Waals surface area contributed by atoms with Gasteiger partial charge in [-0.25, -0.2) is 0 Å². The van der Waals surface area contributed by atoms with E-state index < -0.39 is 0 Å². The Hall–Kier alpha value is -1.89. The van der Waals surface area contributed by atoms with Crippen LogP contribution < -0.4 is 5.73 Å². The molecule has 2 amide bonds. The van der Waals surface area contributed by atoms with E-state index in [0.717, 1.165) is 37.2 Å². The smallest absolute Gasteiger partial charge is 0.224 e. The van der Waals surface area contributed by atoms with Crippen LogP contribution in [0.5, 0.6) is 0 Å². The number of piperidine rings is 1. The predicted octanol–water partition coefficient (Wildman–Crippen LogP) is 0.333. The molecule has 0 bridgehead atoms. The van der Waals surface area contributed by atoms with Gasteiger partial charge in [-0.1, -0.05) is 0 Å². The number of carbonyl (C=O) groups excluding carboxylic acids is 2. The molecule has 1 aromatic heterocycles. The third-order valence-electron chi connectivity index (χ3n) is 4.80. The average Bonchev–Trinajstić information content (AvgIpc) is 2.90. The van der Waals surface area contributed by atoms with Crippen molar-refractivity contribution in [2.45, 2.75) is 51.6 Å². The molecule has 0 aliphatic carbocycles. The van der Waals surface area contributed by atoms with E-state index in [1.807, 2.05) is 11.8 Å². The SMILES string of the molecule is Cc1[nH]nc2c1CCN(C(=O)C[C@H](N)CN1CCCCC1=O)C2. The van der Waals surface area contributed by atoms with E-state index in [-0.39, 0.29) is 24.3 Å². The maximum Gasteiger partial charge on any atom is 0.224 e. The third kappa shape index (κ3) is 3.55. The summed E-state index contributed by atoms with van der Waals surface area (Å²) in [5.74, 6) is 0.210. The Morgan fingerprint density at radius 1 is 1.35 bits per heavy atom. The van der Waals surface area contributed by atoms with Crippen LogP contribution in [0, 0.1) is 6.92 Å². The van der Waals surface area contributed by atoms with Crippen molar-refractivity contribution in [3.8, 4) is 0 Å². The summed E-state index contributed by atoms with van der Waals surface area (Å²) in [7, 11) is 0. The summed E-state index contributed by atoms with van der Waals surface area (Å²) in [4.78, 5) is 27.9. The molecule has 1 fully saturated rings. The largest absolute Gasteiger partial charge is 0.341 e. The molecule has 2 aliphatic rings. The topological polar surface area (TPSA) is 95.3 Å². The number of likely N-dealkylation sites (tertiary alicyclic amines) is 1. The second-order valence-electron chi connectivity index (χ2n) is 6.60. The Morgan fingerprint density at radius 2 is 2.17 bits per heavy atom. The van der Waals surface area contributed by atoms with Gasteiger partial charge in [-0.3, -0.25) is 14.7 Å². The van der Waals surface area contributed by atoms with Crippen LogP contribution in [0.4, 0.5) is 0 Å². The summed E-state index contributed by atoms with van der Waals surface area (Å²) >= 11 is 0. The van der Waals surface area contributed by atoms with Crippen LogP contribution in [0.2, 0.25) is 0 Å². The fourth-order valence-corrected chi connectivity index (χ4v) is 3.44. The van der Waals surface area contributed by atoms with Crippen LogP contribution in [0.15, 0.2) is 0 Å². The average molecular weight is 319 g/mol. The van der Waals surface area contributed by atoms with Crippen LogP contribution in [0.25, 0.3) is 0 Å². The molecule has 126 valence electrons. The molecule has 0 unspecified atom stereocenters. The van der Waals surface area contributed by atoms with E-state index in [1.165, 1.54) is 5.56 Å². The molecule has 0 spiro atoms. The van der Waals surface area contributed by atoms with Crippen molar-refractivity contribution >= 4 is 11.8 Å². The molecule has 7 nitrogen and oxygen atoms in total. The number of amides is 2.